The number of ether oxygens (including phenoxy) is 1. The van der Waals surface area contributed by atoms with Crippen LogP contribution in [0.15, 0.2) is 71.6 Å². The van der Waals surface area contributed by atoms with Gasteiger partial charge in [0.1, 0.15) is 5.75 Å². The Morgan fingerprint density at radius 3 is 2.41 bits per heavy atom. The summed E-state index contributed by atoms with van der Waals surface area (Å²) in [7, 11) is -1.93. The lowest BCUT2D eigenvalue weighted by Gasteiger charge is -2.57. The lowest BCUT2D eigenvalue weighted by molar-refractivity contribution is -0.0553. The minimum Gasteiger partial charge on any atom is -0.496 e. The van der Waals surface area contributed by atoms with Crippen LogP contribution in [0.1, 0.15) is 35.4 Å². The van der Waals surface area contributed by atoms with Crippen LogP contribution in [0, 0.1) is 13.8 Å². The predicted octanol–water partition coefficient (Wildman–Crippen LogP) is 4.59. The van der Waals surface area contributed by atoms with E-state index in [0.29, 0.717) is 18.0 Å². The highest BCUT2D eigenvalue weighted by molar-refractivity contribution is 7.89. The third-order valence-corrected chi connectivity index (χ3v) is 10.0. The number of hydrogen-bond donors (Lipinski definition) is 1. The molecule has 3 aromatic carbocycles. The SMILES string of the molecule is COc1ccc(C)cc1-c1ccc([C@@H]2C(CO)N3CCCCN(S(=O)(=O)c4ccccc4C)CC23)cc1. The van der Waals surface area contributed by atoms with Gasteiger partial charge in [0.05, 0.1) is 18.6 Å². The second-order valence-corrected chi connectivity index (χ2v) is 12.1. The Balaban J connectivity index is 1.45. The van der Waals surface area contributed by atoms with Crippen molar-refractivity contribution in [1.82, 2.24) is 9.21 Å². The van der Waals surface area contributed by atoms with Gasteiger partial charge in [-0.25, -0.2) is 8.42 Å². The molecule has 2 fully saturated rings. The molecule has 2 unspecified atom stereocenters. The summed E-state index contributed by atoms with van der Waals surface area (Å²) in [5, 5.41) is 10.3. The standard InChI is InChI=1S/C30H36N2O4S/c1-21-10-15-28(36-3)25(18-21)23-11-13-24(14-12-23)30-26-19-31(16-6-7-17-32(26)27(30)20-33)37(34,35)29-9-5-4-8-22(29)2/h4-5,8-15,18,26-27,30,33H,6-7,16-17,19-20H2,1-3H3/t26?,27?,30-/m0/s1. The van der Waals surface area contributed by atoms with E-state index >= 15 is 0 Å². The van der Waals surface area contributed by atoms with Gasteiger partial charge < -0.3 is 9.84 Å². The van der Waals surface area contributed by atoms with Crippen LogP contribution < -0.4 is 4.74 Å². The number of aryl methyl sites for hydroxylation is 2. The van der Waals surface area contributed by atoms with Crippen LogP contribution >= 0.6 is 0 Å². The third-order valence-electron chi connectivity index (χ3n) is 8.01. The van der Waals surface area contributed by atoms with Gasteiger partial charge in [0, 0.05) is 36.7 Å². The second kappa shape index (κ2) is 10.6. The maximum absolute atomic E-state index is 13.7. The molecule has 196 valence electrons. The van der Waals surface area contributed by atoms with Crippen LogP contribution in [0.4, 0.5) is 0 Å². The molecular formula is C30H36N2O4S. The summed E-state index contributed by atoms with van der Waals surface area (Å²) in [4.78, 5) is 2.69. The van der Waals surface area contributed by atoms with E-state index in [1.54, 1.807) is 23.5 Å². The molecule has 1 N–H and O–H groups in total. The van der Waals surface area contributed by atoms with E-state index in [0.717, 1.165) is 47.4 Å². The maximum atomic E-state index is 13.7. The Labute approximate surface area is 220 Å². The predicted molar refractivity (Wildman–Crippen MR) is 146 cm³/mol. The molecule has 7 heteroatoms. The fourth-order valence-electron chi connectivity index (χ4n) is 6.04. The fourth-order valence-corrected chi connectivity index (χ4v) is 7.77. The minimum atomic E-state index is -3.61. The first-order valence-electron chi connectivity index (χ1n) is 13.0. The van der Waals surface area contributed by atoms with Gasteiger partial charge in [0.15, 0.2) is 0 Å². The van der Waals surface area contributed by atoms with E-state index in [-0.39, 0.29) is 24.6 Å². The number of nitrogens with zero attached hydrogens (tertiary/aromatic N) is 2. The second-order valence-electron chi connectivity index (χ2n) is 10.2. The van der Waals surface area contributed by atoms with Crippen molar-refractivity contribution in [2.45, 2.75) is 49.6 Å². The van der Waals surface area contributed by atoms with E-state index < -0.39 is 10.0 Å². The summed E-state index contributed by atoms with van der Waals surface area (Å²) in [5.41, 5.74) is 5.18. The van der Waals surface area contributed by atoms with Crippen molar-refractivity contribution in [3.05, 3.63) is 83.4 Å². The molecular weight excluding hydrogens is 484 g/mol. The minimum absolute atomic E-state index is 0.00882. The fraction of sp³-hybridized carbons (Fsp3) is 0.400. The van der Waals surface area contributed by atoms with Gasteiger partial charge in [0.2, 0.25) is 10.0 Å². The van der Waals surface area contributed by atoms with Gasteiger partial charge in [-0.05, 0) is 68.1 Å². The molecule has 6 nitrogen and oxygen atoms in total. The largest absolute Gasteiger partial charge is 0.496 e. The highest BCUT2D eigenvalue weighted by Gasteiger charge is 2.50. The molecule has 5 rings (SSSR count). The summed E-state index contributed by atoms with van der Waals surface area (Å²) >= 11 is 0. The van der Waals surface area contributed by atoms with Gasteiger partial charge in [-0.3, -0.25) is 4.90 Å². The Hall–Kier alpha value is -2.71. The molecule has 0 aromatic heterocycles. The van der Waals surface area contributed by atoms with Crippen molar-refractivity contribution < 1.29 is 18.3 Å². The number of fused-ring (bicyclic) bond motifs is 1. The number of sulfonamides is 1. The lowest BCUT2D eigenvalue weighted by atomic mass is 9.74. The summed E-state index contributed by atoms with van der Waals surface area (Å²) in [6.45, 7) is 5.79. The van der Waals surface area contributed by atoms with Gasteiger partial charge >= 0.3 is 0 Å². The molecule has 0 aliphatic carbocycles. The molecule has 37 heavy (non-hydrogen) atoms. The number of hydrogen-bond acceptors (Lipinski definition) is 5. The van der Waals surface area contributed by atoms with Crippen molar-refractivity contribution in [1.29, 1.82) is 0 Å². The monoisotopic (exact) mass is 520 g/mol. The smallest absolute Gasteiger partial charge is 0.243 e. The van der Waals surface area contributed by atoms with Gasteiger partial charge in [0.25, 0.3) is 0 Å². The van der Waals surface area contributed by atoms with Crippen molar-refractivity contribution >= 4 is 10.0 Å². The van der Waals surface area contributed by atoms with Crippen LogP contribution in [0.3, 0.4) is 0 Å². The molecule has 0 radical (unpaired) electrons. The highest BCUT2D eigenvalue weighted by atomic mass is 32.2. The van der Waals surface area contributed by atoms with Gasteiger partial charge in [-0.15, -0.1) is 0 Å². The third kappa shape index (κ3) is 4.81. The molecule has 0 saturated carbocycles. The van der Waals surface area contributed by atoms with Crippen molar-refractivity contribution in [3.8, 4) is 16.9 Å². The molecule has 3 aromatic rings. The number of methoxy groups -OCH3 is 1. The van der Waals surface area contributed by atoms with E-state index in [1.165, 1.54) is 5.56 Å². The van der Waals surface area contributed by atoms with Crippen LogP contribution in [-0.4, -0.2) is 68.2 Å². The summed E-state index contributed by atoms with van der Waals surface area (Å²) in [6.07, 6.45) is 1.72. The zero-order valence-electron chi connectivity index (χ0n) is 21.8. The maximum Gasteiger partial charge on any atom is 0.243 e. The number of aliphatic hydroxyl groups is 1. The quantitative estimate of drug-likeness (QED) is 0.515. The summed E-state index contributed by atoms with van der Waals surface area (Å²) in [6, 6.07) is 21.8. The first kappa shape index (κ1) is 25.9. The number of aliphatic hydroxyl groups excluding tert-OH is 1. The zero-order chi connectivity index (χ0) is 26.2. The Morgan fingerprint density at radius 1 is 0.973 bits per heavy atom. The Morgan fingerprint density at radius 2 is 1.70 bits per heavy atom. The zero-order valence-corrected chi connectivity index (χ0v) is 22.6. The lowest BCUT2D eigenvalue weighted by Crippen LogP contribution is -2.67. The van der Waals surface area contributed by atoms with Crippen LogP contribution in [0.2, 0.25) is 0 Å². The summed E-state index contributed by atoms with van der Waals surface area (Å²) < 4.78 is 34.6. The Kier molecular flexibility index (Phi) is 7.41. The average Bonchev–Trinajstić information content (AvgIpc) is 2.88. The van der Waals surface area contributed by atoms with Gasteiger partial charge in [-0.2, -0.15) is 4.31 Å². The molecule has 2 aliphatic heterocycles. The van der Waals surface area contributed by atoms with Crippen molar-refractivity contribution in [2.24, 2.45) is 0 Å². The first-order valence-corrected chi connectivity index (χ1v) is 14.5. The van der Waals surface area contributed by atoms with E-state index in [1.807, 2.05) is 31.2 Å². The molecule has 0 bridgehead atoms. The topological polar surface area (TPSA) is 70.1 Å². The van der Waals surface area contributed by atoms with E-state index in [9.17, 15) is 13.5 Å². The van der Waals surface area contributed by atoms with Crippen LogP contribution in [0.5, 0.6) is 5.75 Å². The molecule has 2 aliphatic rings. The number of benzene rings is 3. The molecule has 2 heterocycles. The molecule has 2 saturated heterocycles. The average molecular weight is 521 g/mol. The molecule has 3 atom stereocenters. The van der Waals surface area contributed by atoms with Gasteiger partial charge in [-0.1, -0.05) is 54.1 Å². The number of rotatable bonds is 6. The highest BCUT2D eigenvalue weighted by Crippen LogP contribution is 2.43. The van der Waals surface area contributed by atoms with Crippen molar-refractivity contribution in [2.75, 3.05) is 33.4 Å². The van der Waals surface area contributed by atoms with Crippen LogP contribution in [0.25, 0.3) is 11.1 Å². The summed E-state index contributed by atoms with van der Waals surface area (Å²) in [5.74, 6) is 0.893. The first-order chi connectivity index (χ1) is 17.8. The van der Waals surface area contributed by atoms with E-state index in [2.05, 4.69) is 42.2 Å². The van der Waals surface area contributed by atoms with Crippen molar-refractivity contribution in [3.63, 3.8) is 0 Å². The van der Waals surface area contributed by atoms with E-state index in [4.69, 9.17) is 4.74 Å². The molecule has 0 spiro atoms. The van der Waals surface area contributed by atoms with Crippen LogP contribution in [-0.2, 0) is 10.0 Å². The normalized spacial score (nSPS) is 23.0. The Bertz CT molecular complexity index is 1360. The molecule has 0 amide bonds.